The molecule has 1 heterocycles. The fraction of sp³-hybridized carbons (Fsp3) is 0.214. The molecule has 20 heavy (non-hydrogen) atoms. The zero-order valence-corrected chi connectivity index (χ0v) is 11.8. The number of nitrogens with zero attached hydrogens (tertiary/aromatic N) is 1. The van der Waals surface area contributed by atoms with Gasteiger partial charge in [-0.15, -0.1) is 0 Å². The Kier molecular flexibility index (Phi) is 5.09. The number of nitrogens with one attached hydrogen (secondary N) is 2. The molecule has 2 rings (SSSR count). The van der Waals surface area contributed by atoms with Crippen LogP contribution in [0.1, 0.15) is 5.69 Å². The van der Waals surface area contributed by atoms with E-state index in [1.807, 2.05) is 24.3 Å². The summed E-state index contributed by atoms with van der Waals surface area (Å²) in [7, 11) is -3.32. The van der Waals surface area contributed by atoms with Gasteiger partial charge in [-0.25, -0.2) is 8.42 Å². The Hall–Kier alpha value is -1.92. The van der Waals surface area contributed by atoms with Crippen molar-refractivity contribution in [2.75, 3.05) is 17.0 Å². The highest BCUT2D eigenvalue weighted by molar-refractivity contribution is 7.92. The lowest BCUT2D eigenvalue weighted by Gasteiger charge is -2.08. The van der Waals surface area contributed by atoms with E-state index >= 15 is 0 Å². The van der Waals surface area contributed by atoms with Gasteiger partial charge in [-0.2, -0.15) is 0 Å². The summed E-state index contributed by atoms with van der Waals surface area (Å²) in [4.78, 5) is 4.15. The highest BCUT2D eigenvalue weighted by atomic mass is 32.2. The zero-order valence-electron chi connectivity index (χ0n) is 11.0. The van der Waals surface area contributed by atoms with Crippen LogP contribution in [0.3, 0.4) is 0 Å². The third-order valence-electron chi connectivity index (χ3n) is 2.63. The molecular weight excluding hydrogens is 274 g/mol. The molecule has 1 aromatic heterocycles. The van der Waals surface area contributed by atoms with E-state index in [-0.39, 0.29) is 5.75 Å². The Morgan fingerprint density at radius 2 is 1.75 bits per heavy atom. The van der Waals surface area contributed by atoms with Crippen LogP contribution >= 0.6 is 0 Å². The third-order valence-corrected chi connectivity index (χ3v) is 3.92. The predicted octanol–water partition coefficient (Wildman–Crippen LogP) is 1.61. The summed E-state index contributed by atoms with van der Waals surface area (Å²) in [5.41, 5.74) is 1.47. The Morgan fingerprint density at radius 3 is 2.45 bits per heavy atom. The molecule has 0 atom stereocenters. The van der Waals surface area contributed by atoms with E-state index < -0.39 is 10.0 Å². The lowest BCUT2D eigenvalue weighted by molar-refractivity contribution is 0.595. The second-order valence-corrected chi connectivity index (χ2v) is 6.13. The standard InChI is InChI=1S/C14H17N3O2S/c18-20(19,17-13-6-2-1-3-7-13)11-10-15-12-14-8-4-5-9-16-14/h1-9,15,17H,10-12H2. The summed E-state index contributed by atoms with van der Waals surface area (Å²) in [5.74, 6) is 0.0225. The van der Waals surface area contributed by atoms with Crippen LogP contribution in [-0.2, 0) is 16.6 Å². The maximum absolute atomic E-state index is 11.8. The van der Waals surface area contributed by atoms with E-state index in [0.29, 0.717) is 18.8 Å². The van der Waals surface area contributed by atoms with Crippen LogP contribution in [0.25, 0.3) is 0 Å². The number of hydrogen-bond acceptors (Lipinski definition) is 4. The summed E-state index contributed by atoms with van der Waals surface area (Å²) in [6, 6.07) is 14.5. The fourth-order valence-corrected chi connectivity index (χ4v) is 2.67. The molecule has 0 saturated carbocycles. The van der Waals surface area contributed by atoms with Gasteiger partial charge in [0.1, 0.15) is 0 Å². The Morgan fingerprint density at radius 1 is 1.00 bits per heavy atom. The van der Waals surface area contributed by atoms with Crippen molar-refractivity contribution < 1.29 is 8.42 Å². The van der Waals surface area contributed by atoms with Gasteiger partial charge in [0.15, 0.2) is 0 Å². The topological polar surface area (TPSA) is 71.1 Å². The molecule has 1 aromatic carbocycles. The second kappa shape index (κ2) is 7.02. The number of para-hydroxylation sites is 1. The van der Waals surface area contributed by atoms with Gasteiger partial charge in [0, 0.05) is 25.0 Å². The summed E-state index contributed by atoms with van der Waals surface area (Å²) in [6.07, 6.45) is 1.71. The minimum Gasteiger partial charge on any atom is -0.310 e. The minimum atomic E-state index is -3.32. The van der Waals surface area contributed by atoms with Gasteiger partial charge in [0.2, 0.25) is 10.0 Å². The van der Waals surface area contributed by atoms with E-state index in [0.717, 1.165) is 5.69 Å². The second-order valence-electron chi connectivity index (χ2n) is 4.28. The largest absolute Gasteiger partial charge is 0.310 e. The van der Waals surface area contributed by atoms with Crippen LogP contribution in [0, 0.1) is 0 Å². The molecule has 2 aromatic rings. The summed E-state index contributed by atoms with van der Waals surface area (Å²) in [6.45, 7) is 0.931. The number of benzene rings is 1. The fourth-order valence-electron chi connectivity index (χ4n) is 1.66. The predicted molar refractivity (Wildman–Crippen MR) is 79.8 cm³/mol. The molecule has 0 saturated heterocycles. The maximum atomic E-state index is 11.8. The third kappa shape index (κ3) is 4.99. The summed E-state index contributed by atoms with van der Waals surface area (Å²) >= 11 is 0. The van der Waals surface area contributed by atoms with E-state index in [2.05, 4.69) is 15.0 Å². The van der Waals surface area contributed by atoms with Gasteiger partial charge in [-0.05, 0) is 24.3 Å². The van der Waals surface area contributed by atoms with Crippen LogP contribution in [0.4, 0.5) is 5.69 Å². The molecular formula is C14H17N3O2S. The summed E-state index contributed by atoms with van der Waals surface area (Å²) < 4.78 is 26.2. The van der Waals surface area contributed by atoms with Crippen molar-refractivity contribution in [2.24, 2.45) is 0 Å². The number of aromatic nitrogens is 1. The van der Waals surface area contributed by atoms with Gasteiger partial charge in [-0.3, -0.25) is 9.71 Å². The van der Waals surface area contributed by atoms with Crippen LogP contribution in [-0.4, -0.2) is 25.7 Å². The van der Waals surface area contributed by atoms with Crippen molar-refractivity contribution in [3.05, 3.63) is 60.4 Å². The Balaban J connectivity index is 1.76. The molecule has 0 fully saturated rings. The lowest BCUT2D eigenvalue weighted by Crippen LogP contribution is -2.26. The van der Waals surface area contributed by atoms with Crippen molar-refractivity contribution in [2.45, 2.75) is 6.54 Å². The molecule has 6 heteroatoms. The molecule has 5 nitrogen and oxygen atoms in total. The highest BCUT2D eigenvalue weighted by Gasteiger charge is 2.09. The normalized spacial score (nSPS) is 11.2. The molecule has 0 radical (unpaired) electrons. The van der Waals surface area contributed by atoms with Gasteiger partial charge < -0.3 is 5.32 Å². The van der Waals surface area contributed by atoms with Crippen molar-refractivity contribution >= 4 is 15.7 Å². The molecule has 0 aliphatic rings. The molecule has 106 valence electrons. The first-order chi connectivity index (χ1) is 9.66. The van der Waals surface area contributed by atoms with Crippen LogP contribution < -0.4 is 10.0 Å². The number of rotatable bonds is 7. The number of sulfonamides is 1. The number of anilines is 1. The minimum absolute atomic E-state index is 0.0225. The molecule has 0 amide bonds. The zero-order chi connectivity index (χ0) is 14.3. The SMILES string of the molecule is O=S(=O)(CCNCc1ccccn1)Nc1ccccc1. The molecule has 2 N–H and O–H groups in total. The van der Waals surface area contributed by atoms with E-state index in [1.54, 1.807) is 30.5 Å². The first-order valence-corrected chi connectivity index (χ1v) is 7.97. The first kappa shape index (κ1) is 14.5. The van der Waals surface area contributed by atoms with Gasteiger partial charge in [0.25, 0.3) is 0 Å². The molecule has 0 aliphatic carbocycles. The van der Waals surface area contributed by atoms with Crippen molar-refractivity contribution in [1.82, 2.24) is 10.3 Å². The van der Waals surface area contributed by atoms with Crippen molar-refractivity contribution in [1.29, 1.82) is 0 Å². The van der Waals surface area contributed by atoms with Gasteiger partial charge in [-0.1, -0.05) is 24.3 Å². The van der Waals surface area contributed by atoms with Crippen molar-refractivity contribution in [3.63, 3.8) is 0 Å². The van der Waals surface area contributed by atoms with E-state index in [9.17, 15) is 8.42 Å². The average molecular weight is 291 g/mol. The van der Waals surface area contributed by atoms with Crippen LogP contribution in [0.5, 0.6) is 0 Å². The Labute approximate surface area is 119 Å². The molecule has 0 bridgehead atoms. The monoisotopic (exact) mass is 291 g/mol. The quantitative estimate of drug-likeness (QED) is 0.760. The van der Waals surface area contributed by atoms with E-state index in [1.165, 1.54) is 0 Å². The Bertz CT molecular complexity index is 615. The first-order valence-electron chi connectivity index (χ1n) is 6.32. The summed E-state index contributed by atoms with van der Waals surface area (Å²) in [5, 5.41) is 3.06. The smallest absolute Gasteiger partial charge is 0.233 e. The lowest BCUT2D eigenvalue weighted by atomic mass is 10.3. The van der Waals surface area contributed by atoms with Crippen LogP contribution in [0.15, 0.2) is 54.7 Å². The van der Waals surface area contributed by atoms with Crippen LogP contribution in [0.2, 0.25) is 0 Å². The van der Waals surface area contributed by atoms with Gasteiger partial charge >= 0.3 is 0 Å². The molecule has 0 spiro atoms. The number of hydrogen-bond donors (Lipinski definition) is 2. The highest BCUT2D eigenvalue weighted by Crippen LogP contribution is 2.07. The molecule has 0 unspecified atom stereocenters. The number of pyridine rings is 1. The van der Waals surface area contributed by atoms with E-state index in [4.69, 9.17) is 0 Å². The van der Waals surface area contributed by atoms with Crippen molar-refractivity contribution in [3.8, 4) is 0 Å². The maximum Gasteiger partial charge on any atom is 0.233 e. The molecule has 0 aliphatic heterocycles. The average Bonchev–Trinajstić information content (AvgIpc) is 2.45. The van der Waals surface area contributed by atoms with Gasteiger partial charge in [0.05, 0.1) is 11.4 Å².